The quantitative estimate of drug-likeness (QED) is 0.565. The molecule has 0 spiro atoms. The van der Waals surface area contributed by atoms with Crippen LogP contribution in [0.3, 0.4) is 0 Å². The molecule has 31 heavy (non-hydrogen) atoms. The predicted octanol–water partition coefficient (Wildman–Crippen LogP) is 4.34. The predicted molar refractivity (Wildman–Crippen MR) is 114 cm³/mol. The van der Waals surface area contributed by atoms with Crippen LogP contribution < -0.4 is 15.4 Å². The Labute approximate surface area is 179 Å². The Morgan fingerprint density at radius 3 is 2.39 bits per heavy atom. The van der Waals surface area contributed by atoms with Crippen LogP contribution in [-0.4, -0.2) is 24.5 Å². The van der Waals surface area contributed by atoms with Gasteiger partial charge in [-0.15, -0.1) is 0 Å². The van der Waals surface area contributed by atoms with Crippen molar-refractivity contribution >= 4 is 17.5 Å². The Bertz CT molecular complexity index is 1060. The second-order valence-corrected chi connectivity index (χ2v) is 6.86. The van der Waals surface area contributed by atoms with Crippen molar-refractivity contribution in [1.82, 2.24) is 5.32 Å². The van der Waals surface area contributed by atoms with Gasteiger partial charge in [0.05, 0.1) is 11.3 Å². The fourth-order valence-electron chi connectivity index (χ4n) is 2.89. The highest BCUT2D eigenvalue weighted by atomic mass is 19.2. The molecule has 0 saturated heterocycles. The van der Waals surface area contributed by atoms with Crippen molar-refractivity contribution in [3.05, 3.63) is 95.6 Å². The van der Waals surface area contributed by atoms with Gasteiger partial charge in [-0.2, -0.15) is 0 Å². The number of benzene rings is 3. The van der Waals surface area contributed by atoms with Crippen LogP contribution in [0.25, 0.3) is 0 Å². The summed E-state index contributed by atoms with van der Waals surface area (Å²) < 4.78 is 31.7. The summed E-state index contributed by atoms with van der Waals surface area (Å²) in [6.45, 7) is 1.92. The minimum atomic E-state index is -1.07. The third kappa shape index (κ3) is 6.12. The first-order valence-electron chi connectivity index (χ1n) is 9.78. The summed E-state index contributed by atoms with van der Waals surface area (Å²) in [6.07, 6.45) is -0.320. The maximum absolute atomic E-state index is 13.3. The summed E-state index contributed by atoms with van der Waals surface area (Å²) in [7, 11) is 0. The Kier molecular flexibility index (Phi) is 7.32. The molecule has 1 atom stereocenters. The van der Waals surface area contributed by atoms with E-state index in [1.165, 1.54) is 13.0 Å². The molecule has 0 bridgehead atoms. The van der Waals surface area contributed by atoms with Crippen LogP contribution in [-0.2, 0) is 11.2 Å². The normalized spacial score (nSPS) is 11.5. The second-order valence-electron chi connectivity index (χ2n) is 6.86. The summed E-state index contributed by atoms with van der Waals surface area (Å²) in [5.41, 5.74) is 1.74. The molecule has 0 aromatic heterocycles. The monoisotopic (exact) mass is 424 g/mol. The zero-order chi connectivity index (χ0) is 22.2. The molecular formula is C24H22F2N2O3. The van der Waals surface area contributed by atoms with Gasteiger partial charge >= 0.3 is 0 Å². The molecule has 3 aromatic carbocycles. The van der Waals surface area contributed by atoms with Crippen LogP contribution >= 0.6 is 0 Å². The lowest BCUT2D eigenvalue weighted by molar-refractivity contribution is -0.122. The van der Waals surface area contributed by atoms with E-state index in [-0.39, 0.29) is 11.7 Å². The number of anilines is 1. The van der Waals surface area contributed by atoms with E-state index in [9.17, 15) is 18.4 Å². The smallest absolute Gasteiger partial charge is 0.265 e. The SMILES string of the molecule is CC(Oc1ccc(F)c(F)c1)C(=O)Nc1ccccc1C(=O)NCCc1ccccc1. The number of amides is 2. The van der Waals surface area contributed by atoms with E-state index in [2.05, 4.69) is 10.6 Å². The van der Waals surface area contributed by atoms with E-state index >= 15 is 0 Å². The third-order valence-electron chi connectivity index (χ3n) is 4.54. The maximum atomic E-state index is 13.3. The summed E-state index contributed by atoms with van der Waals surface area (Å²) >= 11 is 0. The zero-order valence-corrected chi connectivity index (χ0v) is 16.9. The average molecular weight is 424 g/mol. The van der Waals surface area contributed by atoms with Crippen molar-refractivity contribution in [3.63, 3.8) is 0 Å². The first kappa shape index (κ1) is 22.0. The van der Waals surface area contributed by atoms with Gasteiger partial charge in [-0.05, 0) is 43.2 Å². The number of halogens is 2. The average Bonchev–Trinajstić information content (AvgIpc) is 2.77. The second kappa shape index (κ2) is 10.3. The van der Waals surface area contributed by atoms with Crippen LogP contribution in [0.5, 0.6) is 5.75 Å². The van der Waals surface area contributed by atoms with Gasteiger partial charge in [0.15, 0.2) is 17.7 Å². The largest absolute Gasteiger partial charge is 0.481 e. The van der Waals surface area contributed by atoms with Crippen molar-refractivity contribution in [3.8, 4) is 5.75 Å². The summed E-state index contributed by atoms with van der Waals surface area (Å²) in [4.78, 5) is 25.1. The molecular weight excluding hydrogens is 402 g/mol. The number of para-hydroxylation sites is 1. The number of hydrogen-bond donors (Lipinski definition) is 2. The highest BCUT2D eigenvalue weighted by Gasteiger charge is 2.19. The van der Waals surface area contributed by atoms with E-state index < -0.39 is 23.6 Å². The van der Waals surface area contributed by atoms with E-state index in [4.69, 9.17) is 4.74 Å². The van der Waals surface area contributed by atoms with Crippen molar-refractivity contribution in [2.24, 2.45) is 0 Å². The number of rotatable bonds is 8. The van der Waals surface area contributed by atoms with Crippen LogP contribution in [0.2, 0.25) is 0 Å². The van der Waals surface area contributed by atoms with Gasteiger partial charge in [0.2, 0.25) is 0 Å². The van der Waals surface area contributed by atoms with Crippen LogP contribution in [0.4, 0.5) is 14.5 Å². The van der Waals surface area contributed by atoms with Gasteiger partial charge in [-0.3, -0.25) is 9.59 Å². The van der Waals surface area contributed by atoms with Gasteiger partial charge in [-0.1, -0.05) is 42.5 Å². The van der Waals surface area contributed by atoms with E-state index in [1.54, 1.807) is 24.3 Å². The first-order chi connectivity index (χ1) is 14.9. The van der Waals surface area contributed by atoms with Gasteiger partial charge in [0.25, 0.3) is 11.8 Å². The molecule has 5 nitrogen and oxygen atoms in total. The standard InChI is InChI=1S/C24H22F2N2O3/c1-16(31-18-11-12-20(25)21(26)15-18)23(29)28-22-10-6-5-9-19(22)24(30)27-14-13-17-7-3-2-4-8-17/h2-12,15-16H,13-14H2,1H3,(H,27,30)(H,28,29). The molecule has 0 aliphatic carbocycles. The maximum Gasteiger partial charge on any atom is 0.265 e. The van der Waals surface area contributed by atoms with Crippen molar-refractivity contribution in [2.75, 3.05) is 11.9 Å². The molecule has 3 rings (SSSR count). The van der Waals surface area contributed by atoms with Gasteiger partial charge < -0.3 is 15.4 Å². The van der Waals surface area contributed by atoms with E-state index in [1.807, 2.05) is 30.3 Å². The fourth-order valence-corrected chi connectivity index (χ4v) is 2.89. The minimum absolute atomic E-state index is 0.0218. The topological polar surface area (TPSA) is 67.4 Å². The lowest BCUT2D eigenvalue weighted by atomic mass is 10.1. The van der Waals surface area contributed by atoms with E-state index in [0.29, 0.717) is 24.2 Å². The van der Waals surface area contributed by atoms with Gasteiger partial charge in [0, 0.05) is 12.6 Å². The molecule has 0 saturated carbocycles. The van der Waals surface area contributed by atoms with Crippen molar-refractivity contribution in [1.29, 1.82) is 0 Å². The third-order valence-corrected chi connectivity index (χ3v) is 4.54. The lowest BCUT2D eigenvalue weighted by Gasteiger charge is -2.16. The Morgan fingerprint density at radius 1 is 0.935 bits per heavy atom. The number of carbonyl (C=O) groups excluding carboxylic acids is 2. The van der Waals surface area contributed by atoms with Crippen LogP contribution in [0.15, 0.2) is 72.8 Å². The first-order valence-corrected chi connectivity index (χ1v) is 9.78. The Hall–Kier alpha value is -3.74. The molecule has 0 aliphatic heterocycles. The van der Waals surface area contributed by atoms with Crippen LogP contribution in [0, 0.1) is 11.6 Å². The molecule has 0 aliphatic rings. The van der Waals surface area contributed by atoms with Crippen LogP contribution in [0.1, 0.15) is 22.8 Å². The zero-order valence-electron chi connectivity index (χ0n) is 16.9. The molecule has 7 heteroatoms. The summed E-state index contributed by atoms with van der Waals surface area (Å²) in [5.74, 6) is -2.90. The molecule has 0 radical (unpaired) electrons. The highest BCUT2D eigenvalue weighted by molar-refractivity contribution is 6.04. The van der Waals surface area contributed by atoms with Crippen molar-refractivity contribution < 1.29 is 23.1 Å². The number of nitrogens with one attached hydrogen (secondary N) is 2. The Balaban J connectivity index is 1.60. The van der Waals surface area contributed by atoms with Crippen molar-refractivity contribution in [2.45, 2.75) is 19.4 Å². The number of ether oxygens (including phenoxy) is 1. The molecule has 0 heterocycles. The summed E-state index contributed by atoms with van der Waals surface area (Å²) in [5, 5.41) is 5.50. The van der Waals surface area contributed by atoms with Gasteiger partial charge in [-0.25, -0.2) is 8.78 Å². The fraction of sp³-hybridized carbons (Fsp3) is 0.167. The lowest BCUT2D eigenvalue weighted by Crippen LogP contribution is -2.32. The highest BCUT2D eigenvalue weighted by Crippen LogP contribution is 2.19. The molecule has 160 valence electrons. The molecule has 3 aromatic rings. The molecule has 1 unspecified atom stereocenters. The summed E-state index contributed by atoms with van der Waals surface area (Å²) in [6, 6.07) is 19.4. The molecule has 0 fully saturated rings. The minimum Gasteiger partial charge on any atom is -0.481 e. The molecule has 2 amide bonds. The van der Waals surface area contributed by atoms with E-state index in [0.717, 1.165) is 17.7 Å². The van der Waals surface area contributed by atoms with Gasteiger partial charge in [0.1, 0.15) is 5.75 Å². The Morgan fingerprint density at radius 2 is 1.65 bits per heavy atom. The molecule has 2 N–H and O–H groups in total. The number of carbonyl (C=O) groups is 2. The number of hydrogen-bond acceptors (Lipinski definition) is 3.